The predicted molar refractivity (Wildman–Crippen MR) is 140 cm³/mol. The molecular weight excluding hydrogens is 480 g/mol. The van der Waals surface area contributed by atoms with Crippen molar-refractivity contribution in [2.75, 3.05) is 26.2 Å². The Bertz CT molecular complexity index is 1430. The summed E-state index contributed by atoms with van der Waals surface area (Å²) in [6, 6.07) is 14.7. The highest BCUT2D eigenvalue weighted by atomic mass is 35.5. The summed E-state index contributed by atoms with van der Waals surface area (Å²) in [6.07, 6.45) is 1.74. The Morgan fingerprint density at radius 3 is 2.28 bits per heavy atom. The summed E-state index contributed by atoms with van der Waals surface area (Å²) < 4.78 is 17.8. The molecule has 1 aromatic heterocycles. The maximum Gasteiger partial charge on any atom is 0.340 e. The highest BCUT2D eigenvalue weighted by Gasteiger charge is 2.38. The third-order valence-corrected chi connectivity index (χ3v) is 6.49. The second kappa shape index (κ2) is 9.95. The number of benzene rings is 2. The summed E-state index contributed by atoms with van der Waals surface area (Å²) in [5, 5.41) is 0.628. The molecule has 1 aliphatic heterocycles. The molecule has 0 N–H and O–H groups in total. The number of carbonyl (C=O) groups is 2. The molecule has 0 spiro atoms. The molecule has 7 nitrogen and oxygen atoms in total. The molecule has 1 amide bonds. The van der Waals surface area contributed by atoms with Crippen molar-refractivity contribution < 1.29 is 23.8 Å². The smallest absolute Gasteiger partial charge is 0.340 e. The first-order valence-corrected chi connectivity index (χ1v) is 11.6. The van der Waals surface area contributed by atoms with Gasteiger partial charge in [-0.25, -0.2) is 4.79 Å². The Hall–Kier alpha value is -3.97. The average Bonchev–Trinajstić information content (AvgIpc) is 3.28. The molecule has 2 aromatic carbocycles. The maximum absolute atomic E-state index is 13.7. The highest BCUT2D eigenvalue weighted by Crippen LogP contribution is 2.39. The van der Waals surface area contributed by atoms with Crippen LogP contribution >= 0.6 is 11.6 Å². The van der Waals surface area contributed by atoms with Gasteiger partial charge in [-0.05, 0) is 68.8 Å². The van der Waals surface area contributed by atoms with Crippen molar-refractivity contribution in [3.8, 4) is 17.2 Å². The van der Waals surface area contributed by atoms with Crippen LogP contribution in [-0.2, 0) is 14.3 Å². The molecule has 36 heavy (non-hydrogen) atoms. The van der Waals surface area contributed by atoms with Crippen LogP contribution in [0.1, 0.15) is 23.9 Å². The normalized spacial score (nSPS) is 14.6. The van der Waals surface area contributed by atoms with Crippen LogP contribution < -0.4 is 14.4 Å². The molecule has 1 aliphatic rings. The Morgan fingerprint density at radius 2 is 1.64 bits per heavy atom. The van der Waals surface area contributed by atoms with Crippen LogP contribution in [0.3, 0.4) is 0 Å². The van der Waals surface area contributed by atoms with Gasteiger partial charge in [-0.1, -0.05) is 17.7 Å². The van der Waals surface area contributed by atoms with E-state index in [2.05, 4.69) is 4.57 Å². The third kappa shape index (κ3) is 4.27. The van der Waals surface area contributed by atoms with Gasteiger partial charge < -0.3 is 18.8 Å². The summed E-state index contributed by atoms with van der Waals surface area (Å²) in [5.41, 5.74) is 5.06. The molecule has 8 heteroatoms. The molecule has 0 radical (unpaired) electrons. The minimum absolute atomic E-state index is 0.213. The molecule has 4 rings (SSSR count). The summed E-state index contributed by atoms with van der Waals surface area (Å²) in [4.78, 5) is 28.0. The molecule has 0 bridgehead atoms. The van der Waals surface area contributed by atoms with Crippen LogP contribution in [0.5, 0.6) is 11.5 Å². The number of halogens is 1. The standard InChI is InChI=1S/C28H27ClN2O5/c1-16-12-19(17(2)30(16)21-9-7-8-20(29)14-21)13-23-26(28(33)36-6)18(3)31(27(23)32)22-10-11-24(34-4)25(15-22)35-5/h7-15H,1-6H3/b23-13-. The van der Waals surface area contributed by atoms with Gasteiger partial charge in [0.1, 0.15) is 0 Å². The van der Waals surface area contributed by atoms with Crippen molar-refractivity contribution in [3.05, 3.63) is 87.3 Å². The van der Waals surface area contributed by atoms with Crippen LogP contribution in [0.25, 0.3) is 11.8 Å². The van der Waals surface area contributed by atoms with Gasteiger partial charge in [0.05, 0.1) is 38.2 Å². The van der Waals surface area contributed by atoms with Crippen LogP contribution in [0.15, 0.2) is 65.4 Å². The molecular formula is C28H27ClN2O5. The van der Waals surface area contributed by atoms with Crippen molar-refractivity contribution in [2.24, 2.45) is 0 Å². The van der Waals surface area contributed by atoms with Crippen LogP contribution in [-0.4, -0.2) is 37.8 Å². The van der Waals surface area contributed by atoms with Crippen LogP contribution in [0.2, 0.25) is 5.02 Å². The Labute approximate surface area is 215 Å². The Balaban J connectivity index is 1.85. The van der Waals surface area contributed by atoms with Gasteiger partial charge >= 0.3 is 5.97 Å². The number of carbonyl (C=O) groups excluding carboxylic acids is 2. The molecule has 0 unspecified atom stereocenters. The van der Waals surface area contributed by atoms with Crippen molar-refractivity contribution in [1.29, 1.82) is 0 Å². The van der Waals surface area contributed by atoms with E-state index in [1.165, 1.54) is 19.1 Å². The third-order valence-electron chi connectivity index (χ3n) is 6.25. The zero-order chi connectivity index (χ0) is 26.1. The van der Waals surface area contributed by atoms with Gasteiger partial charge in [0, 0.05) is 33.9 Å². The largest absolute Gasteiger partial charge is 0.493 e. The fourth-order valence-corrected chi connectivity index (χ4v) is 4.74. The molecule has 0 atom stereocenters. The van der Waals surface area contributed by atoms with Crippen molar-refractivity contribution in [2.45, 2.75) is 20.8 Å². The molecule has 0 aliphatic carbocycles. The number of hydrogen-bond acceptors (Lipinski definition) is 5. The number of methoxy groups -OCH3 is 3. The highest BCUT2D eigenvalue weighted by molar-refractivity contribution is 6.30. The lowest BCUT2D eigenvalue weighted by Gasteiger charge is -2.19. The monoisotopic (exact) mass is 506 g/mol. The average molecular weight is 507 g/mol. The quantitative estimate of drug-likeness (QED) is 0.319. The number of amides is 1. The minimum atomic E-state index is -0.585. The molecule has 2 heterocycles. The van der Waals surface area contributed by atoms with E-state index in [9.17, 15) is 9.59 Å². The fraction of sp³-hybridized carbons (Fsp3) is 0.214. The van der Waals surface area contributed by atoms with E-state index in [0.717, 1.165) is 22.6 Å². The number of esters is 1. The zero-order valence-electron chi connectivity index (χ0n) is 21.0. The zero-order valence-corrected chi connectivity index (χ0v) is 21.8. The number of ether oxygens (including phenoxy) is 3. The first kappa shape index (κ1) is 25.1. The van der Waals surface area contributed by atoms with Crippen LogP contribution in [0, 0.1) is 13.8 Å². The van der Waals surface area contributed by atoms with Gasteiger partial charge in [0.15, 0.2) is 11.5 Å². The first-order valence-electron chi connectivity index (χ1n) is 11.2. The minimum Gasteiger partial charge on any atom is -0.493 e. The number of nitrogens with zero attached hydrogens (tertiary/aromatic N) is 2. The molecule has 0 fully saturated rings. The van der Waals surface area contributed by atoms with Crippen molar-refractivity contribution in [1.82, 2.24) is 4.57 Å². The Kier molecular flexibility index (Phi) is 6.95. The summed E-state index contributed by atoms with van der Waals surface area (Å²) >= 11 is 6.21. The molecule has 186 valence electrons. The lowest BCUT2D eigenvalue weighted by Crippen LogP contribution is -2.24. The molecule has 0 saturated heterocycles. The van der Waals surface area contributed by atoms with E-state index in [4.69, 9.17) is 25.8 Å². The van der Waals surface area contributed by atoms with Crippen molar-refractivity contribution in [3.63, 3.8) is 0 Å². The van der Waals surface area contributed by atoms with Crippen LogP contribution in [0.4, 0.5) is 5.69 Å². The van der Waals surface area contributed by atoms with Gasteiger partial charge in [0.2, 0.25) is 0 Å². The fourth-order valence-electron chi connectivity index (χ4n) is 4.56. The van der Waals surface area contributed by atoms with Gasteiger partial charge in [-0.2, -0.15) is 0 Å². The number of rotatable bonds is 6. The van der Waals surface area contributed by atoms with Gasteiger partial charge in [-0.15, -0.1) is 0 Å². The number of anilines is 1. The summed E-state index contributed by atoms with van der Waals surface area (Å²) in [5.74, 6) is 0.0797. The molecule has 0 saturated carbocycles. The Morgan fingerprint density at radius 1 is 0.917 bits per heavy atom. The number of allylic oxidation sites excluding steroid dienone is 1. The van der Waals surface area contributed by atoms with Crippen molar-refractivity contribution >= 4 is 35.2 Å². The van der Waals surface area contributed by atoms with Gasteiger partial charge in [-0.3, -0.25) is 9.69 Å². The predicted octanol–water partition coefficient (Wildman–Crippen LogP) is 5.64. The van der Waals surface area contributed by atoms with E-state index in [-0.39, 0.29) is 17.1 Å². The lowest BCUT2D eigenvalue weighted by atomic mass is 10.0. The van der Waals surface area contributed by atoms with E-state index >= 15 is 0 Å². The topological polar surface area (TPSA) is 70.0 Å². The first-order chi connectivity index (χ1) is 17.2. The molecule has 3 aromatic rings. The second-order valence-corrected chi connectivity index (χ2v) is 8.77. The summed E-state index contributed by atoms with van der Waals surface area (Å²) in [7, 11) is 4.37. The van der Waals surface area contributed by atoms with E-state index in [1.807, 2.05) is 44.2 Å². The lowest BCUT2D eigenvalue weighted by molar-refractivity contribution is -0.136. The second-order valence-electron chi connectivity index (χ2n) is 8.33. The SMILES string of the molecule is COC(=O)C1=C(C)N(c2ccc(OC)c(OC)c2)C(=O)/C1=C\c1cc(C)n(-c2cccc(Cl)c2)c1C. The number of aromatic nitrogens is 1. The number of hydrogen-bond donors (Lipinski definition) is 0. The van der Waals surface area contributed by atoms with E-state index in [1.54, 1.807) is 38.3 Å². The van der Waals surface area contributed by atoms with E-state index in [0.29, 0.717) is 27.9 Å². The summed E-state index contributed by atoms with van der Waals surface area (Å²) in [6.45, 7) is 5.65. The van der Waals surface area contributed by atoms with Gasteiger partial charge in [0.25, 0.3) is 5.91 Å². The number of aryl methyl sites for hydroxylation is 1. The van der Waals surface area contributed by atoms with E-state index < -0.39 is 5.97 Å². The maximum atomic E-state index is 13.7.